The number of amides is 1. The van der Waals surface area contributed by atoms with E-state index in [-0.39, 0.29) is 12.5 Å². The molecule has 1 aromatic heterocycles. The van der Waals surface area contributed by atoms with E-state index < -0.39 is 0 Å². The highest BCUT2D eigenvalue weighted by Crippen LogP contribution is 2.15. The van der Waals surface area contributed by atoms with Crippen LogP contribution in [-0.2, 0) is 24.3 Å². The Labute approximate surface area is 107 Å². The van der Waals surface area contributed by atoms with Crippen LogP contribution in [0.4, 0.5) is 0 Å². The second kappa shape index (κ2) is 5.95. The third-order valence-electron chi connectivity index (χ3n) is 3.29. The molecule has 0 fully saturated rings. The molecule has 0 unspecified atom stereocenters. The van der Waals surface area contributed by atoms with Crippen molar-refractivity contribution in [1.82, 2.24) is 19.7 Å². The van der Waals surface area contributed by atoms with Crippen molar-refractivity contribution in [2.45, 2.75) is 45.2 Å². The van der Waals surface area contributed by atoms with Crippen molar-refractivity contribution >= 4 is 5.91 Å². The topological polar surface area (TPSA) is 71.2 Å². The van der Waals surface area contributed by atoms with Gasteiger partial charge in [-0.25, -0.2) is 0 Å². The molecule has 1 N–H and O–H groups in total. The normalized spacial score (nSPS) is 13.7. The number of carbonyl (C=O) groups is 1. The van der Waals surface area contributed by atoms with Crippen LogP contribution < -0.4 is 0 Å². The molecule has 1 aliphatic heterocycles. The number of aliphatic hydroxyl groups excluding tert-OH is 1. The van der Waals surface area contributed by atoms with E-state index in [1.807, 2.05) is 0 Å². The summed E-state index contributed by atoms with van der Waals surface area (Å²) in [6.07, 6.45) is 4.00. The van der Waals surface area contributed by atoms with Gasteiger partial charge in [-0.15, -0.1) is 10.2 Å². The summed E-state index contributed by atoms with van der Waals surface area (Å²) in [6.45, 7) is 1.63. The number of carbonyl (C=O) groups excluding carboxylic acids is 1. The summed E-state index contributed by atoms with van der Waals surface area (Å²) >= 11 is 0. The number of hydrogen-bond donors (Lipinski definition) is 1. The Kier molecular flexibility index (Phi) is 4.30. The largest absolute Gasteiger partial charge is 0.396 e. The van der Waals surface area contributed by atoms with Crippen LogP contribution in [0.15, 0.2) is 0 Å². The van der Waals surface area contributed by atoms with E-state index in [4.69, 9.17) is 5.11 Å². The van der Waals surface area contributed by atoms with Gasteiger partial charge in [0.15, 0.2) is 5.82 Å². The summed E-state index contributed by atoms with van der Waals surface area (Å²) in [5.41, 5.74) is 0. The van der Waals surface area contributed by atoms with Crippen LogP contribution in [-0.4, -0.2) is 44.3 Å². The average molecular weight is 252 g/mol. The van der Waals surface area contributed by atoms with Gasteiger partial charge < -0.3 is 14.6 Å². The standard InChI is InChI=1S/C12H20N4O2/c1-15(12(18)6-2-3-8-17)9-11-14-13-10-5-4-7-16(10)11/h17H,2-9H2,1H3. The zero-order valence-corrected chi connectivity index (χ0v) is 10.8. The molecule has 0 radical (unpaired) electrons. The molecule has 6 heteroatoms. The smallest absolute Gasteiger partial charge is 0.222 e. The lowest BCUT2D eigenvalue weighted by atomic mass is 10.2. The summed E-state index contributed by atoms with van der Waals surface area (Å²) in [7, 11) is 1.79. The second-order valence-corrected chi connectivity index (χ2v) is 4.72. The van der Waals surface area contributed by atoms with Crippen molar-refractivity contribution in [2.75, 3.05) is 13.7 Å². The summed E-state index contributed by atoms with van der Waals surface area (Å²) in [5.74, 6) is 2.01. The molecule has 0 spiro atoms. The molecular formula is C12H20N4O2. The van der Waals surface area contributed by atoms with E-state index in [1.54, 1.807) is 11.9 Å². The van der Waals surface area contributed by atoms with E-state index in [2.05, 4.69) is 14.8 Å². The molecule has 1 aromatic rings. The van der Waals surface area contributed by atoms with Gasteiger partial charge in [-0.1, -0.05) is 0 Å². The number of fused-ring (bicyclic) bond motifs is 1. The van der Waals surface area contributed by atoms with E-state index in [0.29, 0.717) is 19.4 Å². The maximum atomic E-state index is 11.8. The van der Waals surface area contributed by atoms with Crippen LogP contribution in [0.25, 0.3) is 0 Å². The highest BCUT2D eigenvalue weighted by molar-refractivity contribution is 5.75. The average Bonchev–Trinajstić information content (AvgIpc) is 2.94. The van der Waals surface area contributed by atoms with Crippen molar-refractivity contribution in [3.05, 3.63) is 11.6 Å². The maximum Gasteiger partial charge on any atom is 0.222 e. The third-order valence-corrected chi connectivity index (χ3v) is 3.29. The van der Waals surface area contributed by atoms with Gasteiger partial charge in [0.25, 0.3) is 0 Å². The zero-order chi connectivity index (χ0) is 13.0. The molecule has 1 aliphatic rings. The highest BCUT2D eigenvalue weighted by atomic mass is 16.3. The first-order chi connectivity index (χ1) is 8.72. The van der Waals surface area contributed by atoms with Crippen LogP contribution in [0.1, 0.15) is 37.3 Å². The van der Waals surface area contributed by atoms with Gasteiger partial charge in [-0.2, -0.15) is 0 Å². The quantitative estimate of drug-likeness (QED) is 0.741. The van der Waals surface area contributed by atoms with Crippen LogP contribution >= 0.6 is 0 Å². The molecule has 0 bridgehead atoms. The molecule has 0 aliphatic carbocycles. The van der Waals surface area contributed by atoms with Gasteiger partial charge in [0.05, 0.1) is 6.54 Å². The number of aryl methyl sites for hydroxylation is 1. The van der Waals surface area contributed by atoms with Crippen LogP contribution in [0.3, 0.4) is 0 Å². The Bertz CT molecular complexity index is 416. The molecule has 0 aromatic carbocycles. The summed E-state index contributed by atoms with van der Waals surface area (Å²) in [6, 6.07) is 0. The van der Waals surface area contributed by atoms with Crippen molar-refractivity contribution in [3.63, 3.8) is 0 Å². The number of hydrogen-bond acceptors (Lipinski definition) is 4. The minimum atomic E-state index is 0.0961. The molecule has 100 valence electrons. The molecule has 6 nitrogen and oxygen atoms in total. The fraction of sp³-hybridized carbons (Fsp3) is 0.750. The monoisotopic (exact) mass is 252 g/mol. The van der Waals surface area contributed by atoms with Crippen LogP contribution in [0.2, 0.25) is 0 Å². The lowest BCUT2D eigenvalue weighted by molar-refractivity contribution is -0.130. The Morgan fingerprint density at radius 3 is 3.06 bits per heavy atom. The van der Waals surface area contributed by atoms with Gasteiger partial charge >= 0.3 is 0 Å². The molecule has 2 rings (SSSR count). The Morgan fingerprint density at radius 2 is 2.28 bits per heavy atom. The van der Waals surface area contributed by atoms with Crippen molar-refractivity contribution in [2.24, 2.45) is 0 Å². The molecule has 0 saturated heterocycles. The lowest BCUT2D eigenvalue weighted by Crippen LogP contribution is -2.27. The van der Waals surface area contributed by atoms with Crippen LogP contribution in [0, 0.1) is 0 Å². The Hall–Kier alpha value is -1.43. The molecule has 18 heavy (non-hydrogen) atoms. The van der Waals surface area contributed by atoms with Crippen molar-refractivity contribution < 1.29 is 9.90 Å². The Morgan fingerprint density at radius 1 is 1.44 bits per heavy atom. The molecule has 0 atom stereocenters. The molecule has 1 amide bonds. The van der Waals surface area contributed by atoms with E-state index >= 15 is 0 Å². The van der Waals surface area contributed by atoms with Crippen molar-refractivity contribution in [1.29, 1.82) is 0 Å². The Balaban J connectivity index is 1.86. The van der Waals surface area contributed by atoms with Crippen LogP contribution in [0.5, 0.6) is 0 Å². The maximum absolute atomic E-state index is 11.8. The SMILES string of the molecule is CN(Cc1nnc2n1CCC2)C(=O)CCCCO. The predicted octanol–water partition coefficient (Wildman–Crippen LogP) is 0.345. The molecule has 0 saturated carbocycles. The third kappa shape index (κ3) is 2.87. The first-order valence-corrected chi connectivity index (χ1v) is 6.48. The van der Waals surface area contributed by atoms with Crippen molar-refractivity contribution in [3.8, 4) is 0 Å². The first-order valence-electron chi connectivity index (χ1n) is 6.48. The summed E-state index contributed by atoms with van der Waals surface area (Å²) in [4.78, 5) is 13.5. The van der Waals surface area contributed by atoms with Gasteiger partial charge in [0, 0.05) is 33.0 Å². The minimum Gasteiger partial charge on any atom is -0.396 e. The zero-order valence-electron chi connectivity index (χ0n) is 10.8. The second-order valence-electron chi connectivity index (χ2n) is 4.72. The van der Waals surface area contributed by atoms with E-state index in [1.165, 1.54) is 0 Å². The van der Waals surface area contributed by atoms with Gasteiger partial charge in [0.2, 0.25) is 5.91 Å². The number of aromatic nitrogens is 3. The number of aliphatic hydroxyl groups is 1. The van der Waals surface area contributed by atoms with Gasteiger partial charge in [-0.05, 0) is 19.3 Å². The molecule has 2 heterocycles. The number of unbranched alkanes of at least 4 members (excludes halogenated alkanes) is 1. The fourth-order valence-corrected chi connectivity index (χ4v) is 2.21. The number of rotatable bonds is 6. The lowest BCUT2D eigenvalue weighted by Gasteiger charge is -2.16. The molecular weight excluding hydrogens is 232 g/mol. The minimum absolute atomic E-state index is 0.0961. The number of nitrogens with zero attached hydrogens (tertiary/aromatic N) is 4. The van der Waals surface area contributed by atoms with Gasteiger partial charge in [-0.3, -0.25) is 4.79 Å². The summed E-state index contributed by atoms with van der Waals surface area (Å²) in [5, 5.41) is 16.9. The van der Waals surface area contributed by atoms with E-state index in [0.717, 1.165) is 37.5 Å². The first kappa shape index (κ1) is 13.0. The predicted molar refractivity (Wildman–Crippen MR) is 65.8 cm³/mol. The van der Waals surface area contributed by atoms with E-state index in [9.17, 15) is 4.79 Å². The highest BCUT2D eigenvalue weighted by Gasteiger charge is 2.19. The summed E-state index contributed by atoms with van der Waals surface area (Å²) < 4.78 is 2.11. The fourth-order valence-electron chi connectivity index (χ4n) is 2.21. The van der Waals surface area contributed by atoms with Gasteiger partial charge in [0.1, 0.15) is 5.82 Å².